The third-order valence-corrected chi connectivity index (χ3v) is 6.62. The third-order valence-electron chi connectivity index (χ3n) is 6.62. The van der Waals surface area contributed by atoms with Gasteiger partial charge in [0, 0.05) is 25.8 Å². The van der Waals surface area contributed by atoms with Crippen molar-refractivity contribution in [1.29, 1.82) is 0 Å². The van der Waals surface area contributed by atoms with Crippen LogP contribution in [0.2, 0.25) is 0 Å². The molecule has 0 bridgehead atoms. The molecule has 1 atom stereocenters. The van der Waals surface area contributed by atoms with E-state index in [1.54, 1.807) is 18.0 Å². The second-order valence-electron chi connectivity index (χ2n) is 8.83. The Bertz CT molecular complexity index is 787. The van der Waals surface area contributed by atoms with Gasteiger partial charge in [0.05, 0.1) is 42.5 Å². The van der Waals surface area contributed by atoms with Crippen LogP contribution < -0.4 is 0 Å². The number of morpholine rings is 1. The molecule has 3 heterocycles. The van der Waals surface area contributed by atoms with E-state index in [1.165, 1.54) is 0 Å². The van der Waals surface area contributed by atoms with Gasteiger partial charge in [-0.1, -0.05) is 19.3 Å². The van der Waals surface area contributed by atoms with Crippen molar-refractivity contribution < 1.29 is 19.4 Å². The SMILES string of the molecule is Cc1ncc(C(=O)N2CCOCC2)c(C2CCCN2C(=O)CC2(O)CCCCC2)n1. The normalized spacial score (nSPS) is 24.1. The lowest BCUT2D eigenvalue weighted by Crippen LogP contribution is -2.42. The zero-order chi connectivity index (χ0) is 21.1. The Morgan fingerprint density at radius 2 is 1.90 bits per heavy atom. The summed E-state index contributed by atoms with van der Waals surface area (Å²) < 4.78 is 5.36. The molecule has 4 rings (SSSR count). The Labute approximate surface area is 177 Å². The number of nitrogens with zero attached hydrogens (tertiary/aromatic N) is 4. The Kier molecular flexibility index (Phi) is 6.34. The summed E-state index contributed by atoms with van der Waals surface area (Å²) in [4.78, 5) is 38.8. The minimum Gasteiger partial charge on any atom is -0.389 e. The summed E-state index contributed by atoms with van der Waals surface area (Å²) in [5, 5.41) is 10.9. The quantitative estimate of drug-likeness (QED) is 0.807. The molecule has 1 unspecified atom stereocenters. The predicted molar refractivity (Wildman–Crippen MR) is 110 cm³/mol. The zero-order valence-electron chi connectivity index (χ0n) is 17.8. The minimum atomic E-state index is -0.892. The highest BCUT2D eigenvalue weighted by molar-refractivity contribution is 5.95. The van der Waals surface area contributed by atoms with Crippen LogP contribution in [0.5, 0.6) is 0 Å². The van der Waals surface area contributed by atoms with Gasteiger partial charge >= 0.3 is 0 Å². The van der Waals surface area contributed by atoms with Crippen molar-refractivity contribution in [2.45, 2.75) is 69.9 Å². The van der Waals surface area contributed by atoms with E-state index >= 15 is 0 Å². The lowest BCUT2D eigenvalue weighted by Gasteiger charge is -2.34. The number of aromatic nitrogens is 2. The maximum absolute atomic E-state index is 13.2. The minimum absolute atomic E-state index is 0.0389. The first-order valence-corrected chi connectivity index (χ1v) is 11.2. The topological polar surface area (TPSA) is 95.9 Å². The second-order valence-corrected chi connectivity index (χ2v) is 8.83. The van der Waals surface area contributed by atoms with Crippen molar-refractivity contribution in [3.63, 3.8) is 0 Å². The number of rotatable bonds is 4. The molecule has 1 N–H and O–H groups in total. The van der Waals surface area contributed by atoms with Crippen LogP contribution in [0.3, 0.4) is 0 Å². The van der Waals surface area contributed by atoms with Crippen LogP contribution in [0.4, 0.5) is 0 Å². The lowest BCUT2D eigenvalue weighted by atomic mass is 9.82. The Balaban J connectivity index is 1.56. The fourth-order valence-electron chi connectivity index (χ4n) is 4.96. The Morgan fingerprint density at radius 3 is 2.63 bits per heavy atom. The highest BCUT2D eigenvalue weighted by Gasteiger charge is 2.39. The molecule has 30 heavy (non-hydrogen) atoms. The Hall–Kier alpha value is -2.06. The largest absolute Gasteiger partial charge is 0.389 e. The maximum Gasteiger partial charge on any atom is 0.257 e. The smallest absolute Gasteiger partial charge is 0.257 e. The molecule has 0 spiro atoms. The average molecular weight is 417 g/mol. The van der Waals surface area contributed by atoms with Crippen LogP contribution in [-0.4, -0.2) is 75.1 Å². The molecule has 1 aromatic rings. The molecule has 8 heteroatoms. The van der Waals surface area contributed by atoms with Crippen molar-refractivity contribution in [3.05, 3.63) is 23.3 Å². The highest BCUT2D eigenvalue weighted by atomic mass is 16.5. The van der Waals surface area contributed by atoms with E-state index in [1.807, 2.05) is 4.90 Å². The molecule has 3 fully saturated rings. The number of carbonyl (C=O) groups is 2. The molecule has 1 saturated carbocycles. The summed E-state index contributed by atoms with van der Waals surface area (Å²) in [7, 11) is 0. The number of hydrogen-bond acceptors (Lipinski definition) is 6. The van der Waals surface area contributed by atoms with E-state index in [2.05, 4.69) is 9.97 Å². The van der Waals surface area contributed by atoms with Gasteiger partial charge in [-0.2, -0.15) is 0 Å². The third kappa shape index (κ3) is 4.49. The van der Waals surface area contributed by atoms with Gasteiger partial charge in [-0.05, 0) is 32.6 Å². The first-order chi connectivity index (χ1) is 14.5. The molecule has 2 amide bonds. The van der Waals surface area contributed by atoms with Crippen molar-refractivity contribution in [2.75, 3.05) is 32.8 Å². The van der Waals surface area contributed by atoms with E-state index in [0.29, 0.717) is 62.8 Å². The van der Waals surface area contributed by atoms with Crippen LogP contribution in [-0.2, 0) is 9.53 Å². The van der Waals surface area contributed by atoms with Crippen LogP contribution in [0, 0.1) is 6.92 Å². The van der Waals surface area contributed by atoms with E-state index in [-0.39, 0.29) is 24.3 Å². The van der Waals surface area contributed by atoms with E-state index in [0.717, 1.165) is 32.1 Å². The summed E-state index contributed by atoms with van der Waals surface area (Å²) in [6.45, 7) is 4.59. The van der Waals surface area contributed by atoms with E-state index in [4.69, 9.17) is 4.74 Å². The molecule has 164 valence electrons. The van der Waals surface area contributed by atoms with E-state index in [9.17, 15) is 14.7 Å². The lowest BCUT2D eigenvalue weighted by molar-refractivity contribution is -0.138. The van der Waals surface area contributed by atoms with Gasteiger partial charge in [-0.15, -0.1) is 0 Å². The van der Waals surface area contributed by atoms with Crippen molar-refractivity contribution in [3.8, 4) is 0 Å². The monoisotopic (exact) mass is 416 g/mol. The number of carbonyl (C=O) groups excluding carboxylic acids is 2. The Morgan fingerprint density at radius 1 is 1.17 bits per heavy atom. The van der Waals surface area contributed by atoms with Crippen molar-refractivity contribution in [2.24, 2.45) is 0 Å². The number of likely N-dealkylation sites (tertiary alicyclic amines) is 1. The molecule has 1 aliphatic carbocycles. The number of amides is 2. The maximum atomic E-state index is 13.2. The van der Waals surface area contributed by atoms with Crippen LogP contribution in [0.15, 0.2) is 6.20 Å². The molecule has 2 saturated heterocycles. The molecule has 0 aromatic carbocycles. The van der Waals surface area contributed by atoms with Gasteiger partial charge in [0.25, 0.3) is 5.91 Å². The molecular weight excluding hydrogens is 384 g/mol. The molecule has 1 aromatic heterocycles. The summed E-state index contributed by atoms with van der Waals surface area (Å²) in [6, 6.07) is -0.244. The summed E-state index contributed by atoms with van der Waals surface area (Å²) in [5.74, 6) is 0.454. The van der Waals surface area contributed by atoms with Gasteiger partial charge in [-0.25, -0.2) is 9.97 Å². The zero-order valence-corrected chi connectivity index (χ0v) is 17.8. The van der Waals surface area contributed by atoms with Crippen LogP contribution in [0.25, 0.3) is 0 Å². The summed E-state index contributed by atoms with van der Waals surface area (Å²) >= 11 is 0. The number of aliphatic hydroxyl groups is 1. The standard InChI is InChI=1S/C22H32N4O4/c1-16-23-15-17(21(28)25-10-12-30-13-11-25)20(24-16)18-6-5-9-26(18)19(27)14-22(29)7-3-2-4-8-22/h15,18,29H,2-14H2,1H3. The van der Waals surface area contributed by atoms with Gasteiger partial charge in [0.15, 0.2) is 0 Å². The van der Waals surface area contributed by atoms with Gasteiger partial charge < -0.3 is 19.6 Å². The van der Waals surface area contributed by atoms with Crippen LogP contribution >= 0.6 is 0 Å². The first-order valence-electron chi connectivity index (χ1n) is 11.2. The fourth-order valence-corrected chi connectivity index (χ4v) is 4.96. The highest BCUT2D eigenvalue weighted by Crippen LogP contribution is 2.37. The summed E-state index contributed by atoms with van der Waals surface area (Å²) in [6.07, 6.45) is 7.82. The number of aryl methyl sites for hydroxylation is 1. The molecule has 2 aliphatic heterocycles. The summed E-state index contributed by atoms with van der Waals surface area (Å²) in [5.41, 5.74) is 0.223. The molecular formula is C22H32N4O4. The molecule has 8 nitrogen and oxygen atoms in total. The fraction of sp³-hybridized carbons (Fsp3) is 0.727. The predicted octanol–water partition coefficient (Wildman–Crippen LogP) is 2.01. The van der Waals surface area contributed by atoms with E-state index < -0.39 is 5.60 Å². The van der Waals surface area contributed by atoms with Gasteiger partial charge in [0.2, 0.25) is 5.91 Å². The second kappa shape index (κ2) is 8.98. The average Bonchev–Trinajstić information content (AvgIpc) is 3.24. The first kappa shape index (κ1) is 21.2. The van der Waals surface area contributed by atoms with Gasteiger partial charge in [-0.3, -0.25) is 9.59 Å². The van der Waals surface area contributed by atoms with Crippen LogP contribution in [0.1, 0.15) is 79.3 Å². The number of hydrogen-bond donors (Lipinski definition) is 1. The molecule has 0 radical (unpaired) electrons. The van der Waals surface area contributed by atoms with Crippen molar-refractivity contribution >= 4 is 11.8 Å². The molecule has 3 aliphatic rings. The number of ether oxygens (including phenoxy) is 1. The van der Waals surface area contributed by atoms with Crippen molar-refractivity contribution in [1.82, 2.24) is 19.8 Å². The van der Waals surface area contributed by atoms with Gasteiger partial charge in [0.1, 0.15) is 5.82 Å².